The number of morpholine rings is 1. The molecule has 3 aromatic rings. The molecule has 1 spiro atoms. The van der Waals surface area contributed by atoms with E-state index in [0.29, 0.717) is 38.4 Å². The van der Waals surface area contributed by atoms with Gasteiger partial charge in [-0.1, -0.05) is 36.4 Å². The third-order valence-corrected chi connectivity index (χ3v) is 7.25. The molecule has 2 aliphatic heterocycles. The minimum Gasteiger partial charge on any atom is -0.491 e. The van der Waals surface area contributed by atoms with E-state index >= 15 is 0 Å². The van der Waals surface area contributed by atoms with Gasteiger partial charge in [-0.3, -0.25) is 9.59 Å². The van der Waals surface area contributed by atoms with Crippen molar-refractivity contribution in [3.63, 3.8) is 0 Å². The summed E-state index contributed by atoms with van der Waals surface area (Å²) in [6, 6.07) is 19.6. The summed E-state index contributed by atoms with van der Waals surface area (Å²) in [7, 11) is 1.78. The Morgan fingerprint density at radius 1 is 1.00 bits per heavy atom. The molecule has 2 amide bonds. The number of ether oxygens (including phenoxy) is 2. The van der Waals surface area contributed by atoms with Gasteiger partial charge in [0.1, 0.15) is 12.4 Å². The molecule has 37 heavy (non-hydrogen) atoms. The number of aryl methyl sites for hydroxylation is 2. The summed E-state index contributed by atoms with van der Waals surface area (Å²) in [6.45, 7) is 3.71. The second kappa shape index (κ2) is 10.8. The van der Waals surface area contributed by atoms with Gasteiger partial charge >= 0.3 is 0 Å². The molecule has 1 atom stereocenters. The number of carbonyl (C=O) groups excluding carboxylic acids is 2. The Hall–Kier alpha value is -3.65. The zero-order chi connectivity index (χ0) is 25.8. The van der Waals surface area contributed by atoms with E-state index in [9.17, 15) is 9.59 Å². The van der Waals surface area contributed by atoms with E-state index in [4.69, 9.17) is 9.47 Å². The zero-order valence-corrected chi connectivity index (χ0v) is 21.6. The van der Waals surface area contributed by atoms with Crippen molar-refractivity contribution in [2.24, 2.45) is 0 Å². The van der Waals surface area contributed by atoms with Crippen LogP contribution in [0.3, 0.4) is 0 Å². The monoisotopic (exact) mass is 502 g/mol. The number of fused-ring (bicyclic) bond motifs is 1. The number of hydrogen-bond donors (Lipinski definition) is 0. The quantitative estimate of drug-likeness (QED) is 0.535. The molecule has 1 aromatic heterocycles. The number of para-hydroxylation sites is 2. The number of nitrogens with zero attached hydrogens (tertiary/aromatic N) is 4. The molecule has 0 saturated carbocycles. The fourth-order valence-corrected chi connectivity index (χ4v) is 5.24. The van der Waals surface area contributed by atoms with E-state index in [1.54, 1.807) is 27.6 Å². The van der Waals surface area contributed by atoms with Crippen LogP contribution < -0.4 is 4.74 Å². The van der Waals surface area contributed by atoms with Crippen molar-refractivity contribution in [3.05, 3.63) is 77.6 Å². The minimum atomic E-state index is -1.07. The summed E-state index contributed by atoms with van der Waals surface area (Å²) < 4.78 is 14.0. The highest BCUT2D eigenvalue weighted by atomic mass is 16.5. The second-order valence-electron chi connectivity index (χ2n) is 9.88. The lowest BCUT2D eigenvalue weighted by molar-refractivity contribution is -0.169. The number of amides is 2. The van der Waals surface area contributed by atoms with Crippen LogP contribution in [-0.2, 0) is 16.0 Å². The molecule has 1 saturated heterocycles. The van der Waals surface area contributed by atoms with Crippen LogP contribution >= 0.6 is 0 Å². The maximum atomic E-state index is 13.7. The first-order valence-electron chi connectivity index (χ1n) is 13.0. The molecule has 3 heterocycles. The van der Waals surface area contributed by atoms with Gasteiger partial charge in [0.15, 0.2) is 11.3 Å². The van der Waals surface area contributed by atoms with Crippen molar-refractivity contribution in [3.8, 4) is 11.4 Å². The molecule has 2 aromatic carbocycles. The predicted octanol–water partition coefficient (Wildman–Crippen LogP) is 3.66. The average Bonchev–Trinajstić information content (AvgIpc) is 3.32. The number of carbonyl (C=O) groups is 2. The highest BCUT2D eigenvalue weighted by Crippen LogP contribution is 2.30. The Morgan fingerprint density at radius 3 is 2.62 bits per heavy atom. The van der Waals surface area contributed by atoms with Crippen molar-refractivity contribution in [1.29, 1.82) is 0 Å². The van der Waals surface area contributed by atoms with Crippen molar-refractivity contribution >= 4 is 11.8 Å². The Labute approximate surface area is 217 Å². The number of aromatic nitrogens is 2. The molecule has 5 rings (SSSR count). The molecular weight excluding hydrogens is 468 g/mol. The van der Waals surface area contributed by atoms with Gasteiger partial charge in [-0.15, -0.1) is 0 Å². The molecular formula is C29H34N4O4. The van der Waals surface area contributed by atoms with Crippen molar-refractivity contribution in [1.82, 2.24) is 19.6 Å². The van der Waals surface area contributed by atoms with Gasteiger partial charge in [0.2, 0.25) is 0 Å². The SMILES string of the molecule is Cc1cc(C(=O)N2CCOC3(CCCCc4ccccc4OCCN(C)C3=O)C2)nn1-c1ccccc1. The van der Waals surface area contributed by atoms with Crippen LogP contribution in [0.4, 0.5) is 0 Å². The summed E-state index contributed by atoms with van der Waals surface area (Å²) >= 11 is 0. The molecule has 1 unspecified atom stereocenters. The first-order valence-corrected chi connectivity index (χ1v) is 13.0. The molecule has 1 fully saturated rings. The van der Waals surface area contributed by atoms with Gasteiger partial charge in [-0.05, 0) is 62.4 Å². The molecule has 0 radical (unpaired) electrons. The lowest BCUT2D eigenvalue weighted by Crippen LogP contribution is -2.61. The standard InChI is InChI=1S/C29H34N4O4/c1-22-20-25(30-33(22)24-12-4-3-5-13-24)27(34)32-17-19-37-29(21-32)15-9-8-11-23-10-6-7-14-26(23)36-18-16-31(2)28(29)35/h3-7,10,12-14,20H,8-9,11,15-19,21H2,1-2H3. The van der Waals surface area contributed by atoms with Crippen molar-refractivity contribution < 1.29 is 19.1 Å². The highest BCUT2D eigenvalue weighted by Gasteiger charge is 2.46. The van der Waals surface area contributed by atoms with Crippen LogP contribution in [0.25, 0.3) is 5.69 Å². The Balaban J connectivity index is 1.35. The first kappa shape index (κ1) is 25.0. The number of likely N-dealkylation sites (N-methyl/N-ethyl adjacent to an activating group) is 1. The van der Waals surface area contributed by atoms with Crippen LogP contribution in [0.5, 0.6) is 5.75 Å². The normalized spacial score (nSPS) is 21.1. The van der Waals surface area contributed by atoms with E-state index in [1.807, 2.05) is 55.5 Å². The molecule has 0 bridgehead atoms. The summed E-state index contributed by atoms with van der Waals surface area (Å²) in [4.78, 5) is 30.7. The maximum Gasteiger partial charge on any atom is 0.274 e. The molecule has 2 aliphatic rings. The Kier molecular flexibility index (Phi) is 7.28. The molecule has 8 nitrogen and oxygen atoms in total. The molecule has 8 heteroatoms. The first-order chi connectivity index (χ1) is 18.0. The van der Waals surface area contributed by atoms with E-state index in [0.717, 1.165) is 36.4 Å². The number of benzene rings is 2. The summed E-state index contributed by atoms with van der Waals surface area (Å²) in [6.07, 6.45) is 3.13. The minimum absolute atomic E-state index is 0.103. The predicted molar refractivity (Wildman–Crippen MR) is 140 cm³/mol. The molecule has 0 aliphatic carbocycles. The third-order valence-electron chi connectivity index (χ3n) is 7.25. The lowest BCUT2D eigenvalue weighted by atomic mass is 9.91. The lowest BCUT2D eigenvalue weighted by Gasteiger charge is -2.43. The zero-order valence-electron chi connectivity index (χ0n) is 21.6. The summed E-state index contributed by atoms with van der Waals surface area (Å²) in [5.41, 5.74) is 2.25. The van der Waals surface area contributed by atoms with E-state index < -0.39 is 5.60 Å². The fourth-order valence-electron chi connectivity index (χ4n) is 5.24. The van der Waals surface area contributed by atoms with Crippen LogP contribution in [0, 0.1) is 6.92 Å². The van der Waals surface area contributed by atoms with Gasteiger partial charge in [0, 0.05) is 19.3 Å². The van der Waals surface area contributed by atoms with E-state index in [1.165, 1.54) is 5.56 Å². The largest absolute Gasteiger partial charge is 0.491 e. The van der Waals surface area contributed by atoms with Gasteiger partial charge < -0.3 is 19.3 Å². The van der Waals surface area contributed by atoms with Gasteiger partial charge in [-0.2, -0.15) is 5.10 Å². The Morgan fingerprint density at radius 2 is 1.78 bits per heavy atom. The van der Waals surface area contributed by atoms with Crippen LogP contribution in [0.1, 0.15) is 41.0 Å². The van der Waals surface area contributed by atoms with Crippen LogP contribution in [0.15, 0.2) is 60.7 Å². The van der Waals surface area contributed by atoms with Crippen LogP contribution in [-0.4, -0.2) is 76.9 Å². The van der Waals surface area contributed by atoms with Gasteiger partial charge in [-0.25, -0.2) is 4.68 Å². The summed E-state index contributed by atoms with van der Waals surface area (Å²) in [5.74, 6) is 0.599. The number of hydrogen-bond acceptors (Lipinski definition) is 5. The number of rotatable bonds is 2. The second-order valence-corrected chi connectivity index (χ2v) is 9.88. The van der Waals surface area contributed by atoms with E-state index in [2.05, 4.69) is 11.2 Å². The fraction of sp³-hybridized carbons (Fsp3) is 0.414. The van der Waals surface area contributed by atoms with Gasteiger partial charge in [0.25, 0.3) is 11.8 Å². The van der Waals surface area contributed by atoms with E-state index in [-0.39, 0.29) is 18.4 Å². The Bertz CT molecular complexity index is 1260. The smallest absolute Gasteiger partial charge is 0.274 e. The maximum absolute atomic E-state index is 13.7. The third kappa shape index (κ3) is 5.25. The topological polar surface area (TPSA) is 76.9 Å². The highest BCUT2D eigenvalue weighted by molar-refractivity contribution is 5.94. The summed E-state index contributed by atoms with van der Waals surface area (Å²) in [5, 5.41) is 4.60. The molecule has 0 N–H and O–H groups in total. The van der Waals surface area contributed by atoms with Crippen molar-refractivity contribution in [2.45, 2.75) is 38.2 Å². The molecule has 194 valence electrons. The van der Waals surface area contributed by atoms with Crippen LogP contribution in [0.2, 0.25) is 0 Å². The van der Waals surface area contributed by atoms with Gasteiger partial charge in [0.05, 0.1) is 25.4 Å². The van der Waals surface area contributed by atoms with Crippen molar-refractivity contribution in [2.75, 3.05) is 39.9 Å². The average molecular weight is 503 g/mol.